The topological polar surface area (TPSA) is 126 Å². The van der Waals surface area contributed by atoms with Crippen LogP contribution in [0, 0.1) is 29.1 Å². The average molecular weight is 396 g/mol. The Bertz CT molecular complexity index is 634. The van der Waals surface area contributed by atoms with Gasteiger partial charge in [0.25, 0.3) is 0 Å². The van der Waals surface area contributed by atoms with Crippen molar-refractivity contribution < 1.29 is 29.0 Å². The molecule has 4 atom stereocenters. The first-order chi connectivity index (χ1) is 12.8. The molecule has 0 heterocycles. The minimum atomic E-state index is -2.45. The van der Waals surface area contributed by atoms with E-state index in [1.54, 1.807) is 20.8 Å². The number of esters is 1. The van der Waals surface area contributed by atoms with Crippen LogP contribution in [0.25, 0.3) is 0 Å². The number of amides is 1. The molecular weight excluding hydrogens is 364 g/mol. The number of hydrogen-bond donors (Lipinski definition) is 2. The average Bonchev–Trinajstić information content (AvgIpc) is 2.51. The highest BCUT2D eigenvalue weighted by Crippen LogP contribution is 2.35. The molecule has 1 rings (SSSR count). The third-order valence-electron chi connectivity index (χ3n) is 4.92. The molecule has 0 aromatic rings. The third kappa shape index (κ3) is 6.70. The number of alkyl carbamates (subject to hydrolysis) is 1. The second-order valence-corrected chi connectivity index (χ2v) is 8.98. The molecule has 0 saturated heterocycles. The molecule has 28 heavy (non-hydrogen) atoms. The maximum atomic E-state index is 12.5. The summed E-state index contributed by atoms with van der Waals surface area (Å²) in [6, 6.07) is 1.53. The van der Waals surface area contributed by atoms with Gasteiger partial charge in [-0.3, -0.25) is 10.1 Å². The van der Waals surface area contributed by atoms with Crippen LogP contribution < -0.4 is 5.32 Å². The number of ether oxygens (including phenoxy) is 2. The van der Waals surface area contributed by atoms with Gasteiger partial charge in [-0.1, -0.05) is 27.2 Å². The van der Waals surface area contributed by atoms with E-state index in [2.05, 4.69) is 20.8 Å². The van der Waals surface area contributed by atoms with Crippen LogP contribution in [0.5, 0.6) is 0 Å². The molecule has 4 unspecified atom stereocenters. The van der Waals surface area contributed by atoms with E-state index < -0.39 is 35.6 Å². The number of carboxylic acids is 1. The van der Waals surface area contributed by atoms with Gasteiger partial charge in [0.2, 0.25) is 5.54 Å². The lowest BCUT2D eigenvalue weighted by Gasteiger charge is -2.37. The number of aliphatic carboxylic acids is 1. The van der Waals surface area contributed by atoms with Crippen LogP contribution in [0.4, 0.5) is 4.79 Å². The highest BCUT2D eigenvalue weighted by molar-refractivity contribution is 5.92. The second kappa shape index (κ2) is 9.26. The van der Waals surface area contributed by atoms with E-state index >= 15 is 0 Å². The normalized spacial score (nSPS) is 24.6. The molecule has 0 bridgehead atoms. The summed E-state index contributed by atoms with van der Waals surface area (Å²) in [6.07, 6.45) is 0.455. The first-order valence-corrected chi connectivity index (χ1v) is 9.65. The Morgan fingerprint density at radius 3 is 2.32 bits per heavy atom. The van der Waals surface area contributed by atoms with Crippen LogP contribution >= 0.6 is 0 Å². The Hall–Kier alpha value is -2.30. The lowest BCUT2D eigenvalue weighted by molar-refractivity contribution is -0.160. The Kier molecular flexibility index (Phi) is 7.85. The summed E-state index contributed by atoms with van der Waals surface area (Å²) in [7, 11) is 0. The molecular formula is C20H32N2O6. The minimum absolute atomic E-state index is 0.181. The number of nitriles is 1. The van der Waals surface area contributed by atoms with Crippen LogP contribution in [0.2, 0.25) is 0 Å². The lowest BCUT2D eigenvalue weighted by Crippen LogP contribution is -2.56. The summed E-state index contributed by atoms with van der Waals surface area (Å²) >= 11 is 0. The zero-order valence-corrected chi connectivity index (χ0v) is 17.6. The van der Waals surface area contributed by atoms with Crippen LogP contribution in [0.15, 0.2) is 0 Å². The predicted molar refractivity (Wildman–Crippen MR) is 101 cm³/mol. The van der Waals surface area contributed by atoms with E-state index in [-0.39, 0.29) is 12.0 Å². The van der Waals surface area contributed by atoms with Crippen molar-refractivity contribution in [2.24, 2.45) is 17.8 Å². The molecule has 0 radical (unpaired) electrons. The number of carbonyl (C=O) groups excluding carboxylic acids is 2. The first-order valence-electron chi connectivity index (χ1n) is 9.65. The maximum absolute atomic E-state index is 12.5. The van der Waals surface area contributed by atoms with Gasteiger partial charge in [-0.25, -0.2) is 9.59 Å². The molecule has 1 aliphatic carbocycles. The quantitative estimate of drug-likeness (QED) is 0.660. The van der Waals surface area contributed by atoms with E-state index in [1.165, 1.54) is 6.07 Å². The molecule has 8 nitrogen and oxygen atoms in total. The van der Waals surface area contributed by atoms with E-state index in [4.69, 9.17) is 9.47 Å². The lowest BCUT2D eigenvalue weighted by atomic mass is 9.75. The zero-order chi connectivity index (χ0) is 21.7. The molecule has 8 heteroatoms. The van der Waals surface area contributed by atoms with Gasteiger partial charge in [-0.2, -0.15) is 5.26 Å². The molecule has 0 aromatic heterocycles. The van der Waals surface area contributed by atoms with E-state index in [0.717, 1.165) is 12.8 Å². The van der Waals surface area contributed by atoms with Crippen molar-refractivity contribution in [3.05, 3.63) is 0 Å². The molecule has 1 fully saturated rings. The van der Waals surface area contributed by atoms with Crippen molar-refractivity contribution in [3.63, 3.8) is 0 Å². The fraction of sp³-hybridized carbons (Fsp3) is 0.800. The van der Waals surface area contributed by atoms with Gasteiger partial charge in [0.1, 0.15) is 17.8 Å². The van der Waals surface area contributed by atoms with Crippen LogP contribution in [0.1, 0.15) is 67.2 Å². The van der Waals surface area contributed by atoms with Crippen molar-refractivity contribution in [1.82, 2.24) is 5.32 Å². The summed E-state index contributed by atoms with van der Waals surface area (Å²) in [4.78, 5) is 36.2. The summed E-state index contributed by atoms with van der Waals surface area (Å²) in [5, 5.41) is 21.0. The zero-order valence-electron chi connectivity index (χ0n) is 17.6. The van der Waals surface area contributed by atoms with Gasteiger partial charge < -0.3 is 14.6 Å². The molecule has 0 aliphatic heterocycles. The molecule has 158 valence electrons. The second-order valence-electron chi connectivity index (χ2n) is 8.98. The van der Waals surface area contributed by atoms with Gasteiger partial charge in [-0.15, -0.1) is 0 Å². The molecule has 0 spiro atoms. The number of nitrogens with one attached hydrogen (secondary N) is 1. The number of rotatable bonds is 6. The van der Waals surface area contributed by atoms with Crippen molar-refractivity contribution in [1.29, 1.82) is 5.26 Å². The molecule has 2 N–H and O–H groups in total. The van der Waals surface area contributed by atoms with Gasteiger partial charge >= 0.3 is 18.0 Å². The third-order valence-corrected chi connectivity index (χ3v) is 4.92. The standard InChI is InChI=1S/C20H32N2O6/c1-12(2)14-8-7-13(3)9-15(14)27-16(23)10-20(11-21,17(24)25)22-18(26)28-19(4,5)6/h12-15H,7-10H2,1-6H3,(H,22,26)(H,24,25). The van der Waals surface area contributed by atoms with Gasteiger partial charge in [0.15, 0.2) is 0 Å². The van der Waals surface area contributed by atoms with Crippen molar-refractivity contribution in [2.75, 3.05) is 0 Å². The Labute approximate surface area is 166 Å². The van der Waals surface area contributed by atoms with Crippen molar-refractivity contribution in [2.45, 2.75) is 84.5 Å². The summed E-state index contributed by atoms with van der Waals surface area (Å²) < 4.78 is 10.6. The molecule has 1 aliphatic rings. The van der Waals surface area contributed by atoms with Gasteiger partial charge in [-0.05, 0) is 51.4 Å². The largest absolute Gasteiger partial charge is 0.479 e. The van der Waals surface area contributed by atoms with Gasteiger partial charge in [0.05, 0.1) is 6.42 Å². The monoisotopic (exact) mass is 396 g/mol. The Morgan fingerprint density at radius 2 is 1.86 bits per heavy atom. The summed E-state index contributed by atoms with van der Waals surface area (Å²) in [6.45, 7) is 11.0. The smallest absolute Gasteiger partial charge is 0.409 e. The van der Waals surface area contributed by atoms with Crippen molar-refractivity contribution in [3.8, 4) is 6.07 Å². The van der Waals surface area contributed by atoms with E-state index in [9.17, 15) is 24.8 Å². The van der Waals surface area contributed by atoms with Crippen LogP contribution in [0.3, 0.4) is 0 Å². The molecule has 1 amide bonds. The van der Waals surface area contributed by atoms with Crippen LogP contribution in [-0.2, 0) is 19.1 Å². The fourth-order valence-corrected chi connectivity index (χ4v) is 3.44. The number of nitrogens with zero attached hydrogens (tertiary/aromatic N) is 1. The first kappa shape index (κ1) is 23.7. The highest BCUT2D eigenvalue weighted by atomic mass is 16.6. The maximum Gasteiger partial charge on any atom is 0.409 e. The van der Waals surface area contributed by atoms with E-state index in [1.807, 2.05) is 5.32 Å². The highest BCUT2D eigenvalue weighted by Gasteiger charge is 2.45. The van der Waals surface area contributed by atoms with Crippen LogP contribution in [-0.4, -0.2) is 40.4 Å². The molecule has 1 saturated carbocycles. The fourth-order valence-electron chi connectivity index (χ4n) is 3.44. The number of carbonyl (C=O) groups is 3. The summed E-state index contributed by atoms with van der Waals surface area (Å²) in [5.74, 6) is -1.58. The minimum Gasteiger partial charge on any atom is -0.479 e. The number of hydrogen-bond acceptors (Lipinski definition) is 6. The Balaban J connectivity index is 2.91. The van der Waals surface area contributed by atoms with E-state index in [0.29, 0.717) is 18.3 Å². The predicted octanol–water partition coefficient (Wildman–Crippen LogP) is 3.25. The van der Waals surface area contributed by atoms with Gasteiger partial charge in [0, 0.05) is 0 Å². The summed E-state index contributed by atoms with van der Waals surface area (Å²) in [5.41, 5.74) is -3.33. The number of carboxylic acid groups (broad SMARTS) is 1. The SMILES string of the molecule is CC1CCC(C(C)C)C(OC(=O)CC(C#N)(NC(=O)OC(C)(C)C)C(=O)O)C1. The Morgan fingerprint density at radius 1 is 1.25 bits per heavy atom. The van der Waals surface area contributed by atoms with Crippen molar-refractivity contribution >= 4 is 18.0 Å². The molecule has 0 aromatic carbocycles.